The Bertz CT molecular complexity index is 835. The van der Waals surface area contributed by atoms with E-state index < -0.39 is 11.8 Å². The van der Waals surface area contributed by atoms with Gasteiger partial charge in [0, 0.05) is 6.54 Å². The summed E-state index contributed by atoms with van der Waals surface area (Å²) in [6, 6.07) is 10.8. The number of aryl methyl sites for hydroxylation is 1. The highest BCUT2D eigenvalue weighted by Gasteiger charge is 2.15. The minimum absolute atomic E-state index is 0.0723. The third-order valence-corrected chi connectivity index (χ3v) is 3.28. The lowest BCUT2D eigenvalue weighted by atomic mass is 10.1. The molecule has 0 fully saturated rings. The smallest absolute Gasteiger partial charge is 0.302 e. The molecule has 0 spiro atoms. The van der Waals surface area contributed by atoms with Gasteiger partial charge >= 0.3 is 6.01 Å². The highest BCUT2D eigenvalue weighted by Crippen LogP contribution is 2.10. The predicted molar refractivity (Wildman–Crippen MR) is 85.5 cm³/mol. The fourth-order valence-electron chi connectivity index (χ4n) is 1.98. The van der Waals surface area contributed by atoms with Gasteiger partial charge in [-0.15, -0.1) is 0 Å². The third-order valence-electron chi connectivity index (χ3n) is 3.28. The molecular weight excluding hydrogens is 310 g/mol. The van der Waals surface area contributed by atoms with Gasteiger partial charge in [-0.3, -0.25) is 14.9 Å². The van der Waals surface area contributed by atoms with Crippen LogP contribution in [-0.2, 0) is 6.54 Å². The maximum Gasteiger partial charge on any atom is 0.302 e. The zero-order chi connectivity index (χ0) is 16.9. The van der Waals surface area contributed by atoms with Crippen LogP contribution < -0.4 is 10.6 Å². The standard InChI is InChI=1S/C17H15N3O4/c1-11-4-6-12(7-5-11)9-18-15(21)13-10-24-17(19-13)20-16(22)14-3-2-8-23-14/h2-8,10H,9H2,1H3,(H,18,21)(H,19,20,22). The molecule has 0 aliphatic rings. The summed E-state index contributed by atoms with van der Waals surface area (Å²) in [7, 11) is 0. The minimum atomic E-state index is -0.506. The van der Waals surface area contributed by atoms with Crippen LogP contribution in [0, 0.1) is 6.92 Å². The first kappa shape index (κ1) is 15.5. The lowest BCUT2D eigenvalue weighted by Crippen LogP contribution is -2.23. The van der Waals surface area contributed by atoms with Gasteiger partial charge in [0.1, 0.15) is 6.26 Å². The van der Waals surface area contributed by atoms with Gasteiger partial charge < -0.3 is 14.2 Å². The molecule has 0 aliphatic heterocycles. The fraction of sp³-hybridized carbons (Fsp3) is 0.118. The molecule has 0 saturated heterocycles. The number of carbonyl (C=O) groups excluding carboxylic acids is 2. The van der Waals surface area contributed by atoms with E-state index in [0.717, 1.165) is 11.1 Å². The van der Waals surface area contributed by atoms with E-state index in [0.29, 0.717) is 6.54 Å². The van der Waals surface area contributed by atoms with Gasteiger partial charge in [-0.25, -0.2) is 0 Å². The van der Waals surface area contributed by atoms with Crippen LogP contribution in [0.3, 0.4) is 0 Å². The molecule has 0 unspecified atom stereocenters. The minimum Gasteiger partial charge on any atom is -0.459 e. The van der Waals surface area contributed by atoms with E-state index >= 15 is 0 Å². The topological polar surface area (TPSA) is 97.4 Å². The van der Waals surface area contributed by atoms with Crippen LogP contribution in [0.25, 0.3) is 0 Å². The Morgan fingerprint density at radius 2 is 1.88 bits per heavy atom. The molecule has 2 aromatic heterocycles. The Labute approximate surface area is 137 Å². The highest BCUT2D eigenvalue weighted by molar-refractivity contribution is 6.01. The van der Waals surface area contributed by atoms with Gasteiger partial charge in [-0.05, 0) is 24.6 Å². The van der Waals surface area contributed by atoms with Crippen molar-refractivity contribution in [1.82, 2.24) is 10.3 Å². The Balaban J connectivity index is 1.57. The Kier molecular flexibility index (Phi) is 4.42. The largest absolute Gasteiger partial charge is 0.459 e. The summed E-state index contributed by atoms with van der Waals surface area (Å²) < 4.78 is 10.0. The molecule has 1 aromatic carbocycles. The lowest BCUT2D eigenvalue weighted by molar-refractivity contribution is 0.0944. The van der Waals surface area contributed by atoms with Crippen molar-refractivity contribution in [2.75, 3.05) is 5.32 Å². The first-order valence-electron chi connectivity index (χ1n) is 7.26. The van der Waals surface area contributed by atoms with E-state index in [1.54, 1.807) is 6.07 Å². The zero-order valence-electron chi connectivity index (χ0n) is 12.9. The van der Waals surface area contributed by atoms with Crippen molar-refractivity contribution >= 4 is 17.8 Å². The van der Waals surface area contributed by atoms with E-state index in [-0.39, 0.29) is 17.5 Å². The molecule has 3 aromatic rings. The Morgan fingerprint density at radius 3 is 2.58 bits per heavy atom. The van der Waals surface area contributed by atoms with E-state index in [4.69, 9.17) is 8.83 Å². The van der Waals surface area contributed by atoms with Crippen LogP contribution in [-0.4, -0.2) is 16.8 Å². The van der Waals surface area contributed by atoms with Gasteiger partial charge in [0.2, 0.25) is 0 Å². The molecule has 3 rings (SSSR count). The van der Waals surface area contributed by atoms with Crippen molar-refractivity contribution < 1.29 is 18.4 Å². The molecule has 0 radical (unpaired) electrons. The summed E-state index contributed by atoms with van der Waals surface area (Å²) in [5.41, 5.74) is 2.21. The number of hydrogen-bond donors (Lipinski definition) is 2. The van der Waals surface area contributed by atoms with E-state index in [1.165, 1.54) is 18.6 Å². The van der Waals surface area contributed by atoms with Crippen LogP contribution in [0.1, 0.15) is 32.2 Å². The second kappa shape index (κ2) is 6.82. The monoisotopic (exact) mass is 325 g/mol. The Hall–Kier alpha value is -3.35. The van der Waals surface area contributed by atoms with Crippen LogP contribution in [0.2, 0.25) is 0 Å². The van der Waals surface area contributed by atoms with Gasteiger partial charge in [0.15, 0.2) is 11.5 Å². The van der Waals surface area contributed by atoms with E-state index in [2.05, 4.69) is 15.6 Å². The predicted octanol–water partition coefficient (Wildman–Crippen LogP) is 2.76. The van der Waals surface area contributed by atoms with Crippen molar-refractivity contribution in [3.8, 4) is 0 Å². The van der Waals surface area contributed by atoms with Gasteiger partial charge in [0.25, 0.3) is 11.8 Å². The lowest BCUT2D eigenvalue weighted by Gasteiger charge is -2.03. The number of benzene rings is 1. The number of hydrogen-bond acceptors (Lipinski definition) is 5. The Morgan fingerprint density at radius 1 is 1.08 bits per heavy atom. The molecule has 0 aliphatic carbocycles. The number of nitrogens with zero attached hydrogens (tertiary/aromatic N) is 1. The van der Waals surface area contributed by atoms with Crippen molar-refractivity contribution in [3.63, 3.8) is 0 Å². The molecular formula is C17H15N3O4. The number of aromatic nitrogens is 1. The fourth-order valence-corrected chi connectivity index (χ4v) is 1.98. The average Bonchev–Trinajstić information content (AvgIpc) is 3.26. The molecule has 2 amide bonds. The first-order chi connectivity index (χ1) is 11.6. The number of amides is 2. The number of furan rings is 1. The van der Waals surface area contributed by atoms with Crippen LogP contribution in [0.15, 0.2) is 57.8 Å². The number of nitrogens with one attached hydrogen (secondary N) is 2. The van der Waals surface area contributed by atoms with Crippen molar-refractivity contribution in [2.45, 2.75) is 13.5 Å². The third kappa shape index (κ3) is 3.70. The number of anilines is 1. The molecule has 0 atom stereocenters. The number of rotatable bonds is 5. The number of carbonyl (C=O) groups is 2. The highest BCUT2D eigenvalue weighted by atomic mass is 16.4. The molecule has 0 bridgehead atoms. The van der Waals surface area contributed by atoms with E-state index in [1.807, 2.05) is 31.2 Å². The summed E-state index contributed by atoms with van der Waals surface area (Å²) in [6.45, 7) is 2.37. The molecule has 7 nitrogen and oxygen atoms in total. The first-order valence-corrected chi connectivity index (χ1v) is 7.26. The van der Waals surface area contributed by atoms with Crippen molar-refractivity contribution in [3.05, 3.63) is 71.5 Å². The molecule has 0 saturated carbocycles. The number of oxazole rings is 1. The molecule has 24 heavy (non-hydrogen) atoms. The average molecular weight is 325 g/mol. The molecule has 122 valence electrons. The SMILES string of the molecule is Cc1ccc(CNC(=O)c2coc(NC(=O)c3ccco3)n2)cc1. The molecule has 7 heteroatoms. The quantitative estimate of drug-likeness (QED) is 0.752. The van der Waals surface area contributed by atoms with Crippen LogP contribution >= 0.6 is 0 Å². The van der Waals surface area contributed by atoms with Gasteiger partial charge in [-0.1, -0.05) is 29.8 Å². The zero-order valence-corrected chi connectivity index (χ0v) is 12.9. The van der Waals surface area contributed by atoms with Gasteiger partial charge in [0.05, 0.1) is 6.26 Å². The molecule has 2 N–H and O–H groups in total. The van der Waals surface area contributed by atoms with Crippen LogP contribution in [0.5, 0.6) is 0 Å². The second-order valence-corrected chi connectivity index (χ2v) is 5.14. The summed E-state index contributed by atoms with van der Waals surface area (Å²) in [5, 5.41) is 5.15. The second-order valence-electron chi connectivity index (χ2n) is 5.14. The normalized spacial score (nSPS) is 10.4. The van der Waals surface area contributed by atoms with Crippen LogP contribution in [0.4, 0.5) is 6.01 Å². The van der Waals surface area contributed by atoms with Crippen molar-refractivity contribution in [1.29, 1.82) is 0 Å². The molecule has 2 heterocycles. The van der Waals surface area contributed by atoms with Crippen molar-refractivity contribution in [2.24, 2.45) is 0 Å². The maximum absolute atomic E-state index is 12.0. The maximum atomic E-state index is 12.0. The summed E-state index contributed by atoms with van der Waals surface area (Å²) in [5.74, 6) is -0.773. The summed E-state index contributed by atoms with van der Waals surface area (Å²) in [6.07, 6.45) is 2.57. The summed E-state index contributed by atoms with van der Waals surface area (Å²) in [4.78, 5) is 27.8. The summed E-state index contributed by atoms with van der Waals surface area (Å²) >= 11 is 0. The van der Waals surface area contributed by atoms with E-state index in [9.17, 15) is 9.59 Å². The van der Waals surface area contributed by atoms with Gasteiger partial charge in [-0.2, -0.15) is 4.98 Å².